The van der Waals surface area contributed by atoms with Crippen LogP contribution in [-0.2, 0) is 16.1 Å². The highest BCUT2D eigenvalue weighted by atomic mass is 16.5. The highest BCUT2D eigenvalue weighted by molar-refractivity contribution is 6.02. The summed E-state index contributed by atoms with van der Waals surface area (Å²) in [6.07, 6.45) is 0. The molecule has 0 saturated heterocycles. The summed E-state index contributed by atoms with van der Waals surface area (Å²) < 4.78 is 16.1. The molecule has 0 aliphatic heterocycles. The van der Waals surface area contributed by atoms with Crippen LogP contribution in [0.2, 0.25) is 0 Å². The monoisotopic (exact) mass is 398 g/mol. The summed E-state index contributed by atoms with van der Waals surface area (Å²) >= 11 is 0. The van der Waals surface area contributed by atoms with Crippen LogP contribution in [0.1, 0.15) is 10.4 Å². The number of rotatable bonds is 6. The van der Waals surface area contributed by atoms with Crippen molar-refractivity contribution < 1.29 is 23.8 Å². The maximum atomic E-state index is 12.5. The van der Waals surface area contributed by atoms with Gasteiger partial charge in [-0.2, -0.15) is 0 Å². The zero-order valence-corrected chi connectivity index (χ0v) is 16.0. The summed E-state index contributed by atoms with van der Waals surface area (Å²) in [6.45, 7) is -0.397. The number of nitrogens with zero attached hydrogens (tertiary/aromatic N) is 3. The third-order valence-corrected chi connectivity index (χ3v) is 4.13. The summed E-state index contributed by atoms with van der Waals surface area (Å²) in [4.78, 5) is 37.1. The van der Waals surface area contributed by atoms with Crippen molar-refractivity contribution in [2.45, 2.75) is 6.54 Å². The van der Waals surface area contributed by atoms with Crippen LogP contribution < -0.4 is 20.3 Å². The van der Waals surface area contributed by atoms with Gasteiger partial charge in [0.25, 0.3) is 5.56 Å². The third kappa shape index (κ3) is 4.00. The molecule has 0 aliphatic rings. The van der Waals surface area contributed by atoms with Gasteiger partial charge < -0.3 is 19.5 Å². The molecule has 1 aromatic heterocycles. The molecule has 29 heavy (non-hydrogen) atoms. The van der Waals surface area contributed by atoms with Crippen LogP contribution in [0.25, 0.3) is 10.9 Å². The maximum absolute atomic E-state index is 12.5. The predicted molar refractivity (Wildman–Crippen MR) is 103 cm³/mol. The summed E-state index contributed by atoms with van der Waals surface area (Å²) in [6, 6.07) is 9.51. The van der Waals surface area contributed by atoms with Gasteiger partial charge in [0.2, 0.25) is 5.91 Å². The number of fused-ring (bicyclic) bond motifs is 1. The highest BCUT2D eigenvalue weighted by Crippen LogP contribution is 2.33. The van der Waals surface area contributed by atoms with Crippen molar-refractivity contribution in [2.24, 2.45) is 0 Å². The molecule has 0 fully saturated rings. The van der Waals surface area contributed by atoms with Gasteiger partial charge in [0.15, 0.2) is 11.5 Å². The lowest BCUT2D eigenvalue weighted by atomic mass is 10.1. The Morgan fingerprint density at radius 1 is 1.07 bits per heavy atom. The highest BCUT2D eigenvalue weighted by Gasteiger charge is 2.19. The second kappa shape index (κ2) is 8.38. The van der Waals surface area contributed by atoms with E-state index >= 15 is 0 Å². The molecular weight excluding hydrogens is 380 g/mol. The number of hydrogen-bond donors (Lipinski definition) is 1. The van der Waals surface area contributed by atoms with Crippen molar-refractivity contribution in [3.63, 3.8) is 0 Å². The first kappa shape index (κ1) is 19.8. The molecule has 0 bridgehead atoms. The van der Waals surface area contributed by atoms with Gasteiger partial charge in [-0.3, -0.25) is 9.59 Å². The molecule has 10 heteroatoms. The fourth-order valence-corrected chi connectivity index (χ4v) is 2.71. The van der Waals surface area contributed by atoms with Crippen LogP contribution in [0.15, 0.2) is 41.2 Å². The number of aromatic nitrogens is 3. The van der Waals surface area contributed by atoms with E-state index in [2.05, 4.69) is 15.6 Å². The standard InChI is InChI=1S/C19H18N4O6/c1-27-15-8-12(19(26)29-3)14(9-16(15)28-2)20-17(24)10-23-18(25)11-6-4-5-7-13(11)21-22-23/h4-9H,10H2,1-3H3,(H,20,24). The Morgan fingerprint density at radius 2 is 1.76 bits per heavy atom. The zero-order valence-electron chi connectivity index (χ0n) is 16.0. The minimum atomic E-state index is -0.677. The van der Waals surface area contributed by atoms with Crippen LogP contribution in [0.3, 0.4) is 0 Å². The van der Waals surface area contributed by atoms with E-state index in [0.29, 0.717) is 22.4 Å². The summed E-state index contributed by atoms with van der Waals surface area (Å²) in [7, 11) is 4.06. The van der Waals surface area contributed by atoms with Gasteiger partial charge in [-0.05, 0) is 12.1 Å². The number of methoxy groups -OCH3 is 3. The van der Waals surface area contributed by atoms with Gasteiger partial charge in [-0.1, -0.05) is 17.3 Å². The van der Waals surface area contributed by atoms with Gasteiger partial charge in [0.1, 0.15) is 12.1 Å². The minimum Gasteiger partial charge on any atom is -0.493 e. The van der Waals surface area contributed by atoms with Gasteiger partial charge in [0, 0.05) is 12.1 Å². The van der Waals surface area contributed by atoms with E-state index in [1.807, 2.05) is 0 Å². The number of amides is 1. The Hall–Kier alpha value is -3.95. The molecule has 0 spiro atoms. The quantitative estimate of drug-likeness (QED) is 0.616. The number of ether oxygens (including phenoxy) is 3. The molecule has 2 aromatic carbocycles. The summed E-state index contributed by atoms with van der Waals surface area (Å²) in [5, 5.41) is 10.6. The number of anilines is 1. The second-order valence-electron chi connectivity index (χ2n) is 5.86. The Bertz CT molecular complexity index is 1140. The number of carbonyl (C=O) groups excluding carboxylic acids is 2. The van der Waals surface area contributed by atoms with E-state index in [-0.39, 0.29) is 11.3 Å². The Morgan fingerprint density at radius 3 is 2.45 bits per heavy atom. The SMILES string of the molecule is COC(=O)c1cc(OC)c(OC)cc1NC(=O)Cn1nnc2ccccc2c1=O. The van der Waals surface area contributed by atoms with Crippen molar-refractivity contribution in [1.29, 1.82) is 0 Å². The van der Waals surface area contributed by atoms with Gasteiger partial charge in [-0.25, -0.2) is 9.48 Å². The molecule has 0 unspecified atom stereocenters. The van der Waals surface area contributed by atoms with E-state index in [9.17, 15) is 14.4 Å². The summed E-state index contributed by atoms with van der Waals surface area (Å²) in [5.74, 6) is -0.668. The Kier molecular flexibility index (Phi) is 5.72. The van der Waals surface area contributed by atoms with Crippen molar-refractivity contribution in [1.82, 2.24) is 15.0 Å². The molecule has 0 aliphatic carbocycles. The lowest BCUT2D eigenvalue weighted by Gasteiger charge is -2.14. The zero-order chi connectivity index (χ0) is 21.0. The number of hydrogen-bond acceptors (Lipinski definition) is 8. The predicted octanol–water partition coefficient (Wildman–Crippen LogP) is 1.23. The molecule has 1 amide bonds. The molecule has 3 rings (SSSR count). The molecule has 1 heterocycles. The maximum Gasteiger partial charge on any atom is 0.340 e. The lowest BCUT2D eigenvalue weighted by molar-refractivity contribution is -0.117. The van der Waals surface area contributed by atoms with Crippen LogP contribution in [0.4, 0.5) is 5.69 Å². The van der Waals surface area contributed by atoms with Crippen molar-refractivity contribution in [3.8, 4) is 11.5 Å². The second-order valence-corrected chi connectivity index (χ2v) is 5.86. The van der Waals surface area contributed by atoms with Crippen molar-refractivity contribution in [3.05, 3.63) is 52.3 Å². The van der Waals surface area contributed by atoms with E-state index in [1.165, 1.54) is 33.5 Å². The van der Waals surface area contributed by atoms with E-state index in [1.54, 1.807) is 24.3 Å². The first-order chi connectivity index (χ1) is 14.0. The van der Waals surface area contributed by atoms with Crippen LogP contribution in [-0.4, -0.2) is 48.2 Å². The fourth-order valence-electron chi connectivity index (χ4n) is 2.71. The number of nitrogens with one attached hydrogen (secondary N) is 1. The molecular formula is C19H18N4O6. The van der Waals surface area contributed by atoms with Gasteiger partial charge in [-0.15, -0.1) is 5.10 Å². The molecule has 150 valence electrons. The first-order valence-corrected chi connectivity index (χ1v) is 8.45. The van der Waals surface area contributed by atoms with E-state index in [4.69, 9.17) is 14.2 Å². The normalized spacial score (nSPS) is 10.4. The molecule has 10 nitrogen and oxygen atoms in total. The molecule has 1 N–H and O–H groups in total. The summed E-state index contributed by atoms with van der Waals surface area (Å²) in [5.41, 5.74) is 0.185. The Balaban J connectivity index is 1.91. The van der Waals surface area contributed by atoms with Crippen LogP contribution in [0.5, 0.6) is 11.5 Å². The van der Waals surface area contributed by atoms with Gasteiger partial charge >= 0.3 is 5.97 Å². The van der Waals surface area contributed by atoms with Crippen molar-refractivity contribution in [2.75, 3.05) is 26.6 Å². The van der Waals surface area contributed by atoms with E-state index < -0.39 is 24.0 Å². The topological polar surface area (TPSA) is 122 Å². The van der Waals surface area contributed by atoms with Crippen LogP contribution >= 0.6 is 0 Å². The minimum absolute atomic E-state index is 0.0652. The molecule has 3 aromatic rings. The average Bonchev–Trinajstić information content (AvgIpc) is 2.75. The molecule has 0 radical (unpaired) electrons. The average molecular weight is 398 g/mol. The number of carbonyl (C=O) groups is 2. The van der Waals surface area contributed by atoms with Gasteiger partial charge in [0.05, 0.1) is 38.0 Å². The number of esters is 1. The smallest absolute Gasteiger partial charge is 0.340 e. The van der Waals surface area contributed by atoms with Crippen LogP contribution in [0, 0.1) is 0 Å². The molecule has 0 saturated carbocycles. The lowest BCUT2D eigenvalue weighted by Crippen LogP contribution is -2.30. The Labute approximate surface area is 165 Å². The first-order valence-electron chi connectivity index (χ1n) is 8.45. The van der Waals surface area contributed by atoms with Crippen molar-refractivity contribution >= 4 is 28.5 Å². The third-order valence-electron chi connectivity index (χ3n) is 4.13. The van der Waals surface area contributed by atoms with E-state index in [0.717, 1.165) is 4.68 Å². The largest absolute Gasteiger partial charge is 0.493 e. The number of benzene rings is 2. The molecule has 0 atom stereocenters. The fraction of sp³-hybridized carbons (Fsp3) is 0.211.